The van der Waals surface area contributed by atoms with Crippen LogP contribution in [0.1, 0.15) is 64.2 Å². The molecule has 0 aliphatic carbocycles. The summed E-state index contributed by atoms with van der Waals surface area (Å²) < 4.78 is 0. The van der Waals surface area contributed by atoms with Crippen LogP contribution in [0.2, 0.25) is 0 Å². The van der Waals surface area contributed by atoms with Gasteiger partial charge in [-0.3, -0.25) is 28.8 Å². The van der Waals surface area contributed by atoms with Crippen molar-refractivity contribution in [3.8, 4) is 0 Å². The summed E-state index contributed by atoms with van der Waals surface area (Å²) in [6.07, 6.45) is -5.08. The van der Waals surface area contributed by atoms with Crippen molar-refractivity contribution < 1.29 is 78.6 Å². The molecule has 0 aromatic heterocycles. The first-order valence-electron chi connectivity index (χ1n) is 13.6. The van der Waals surface area contributed by atoms with Gasteiger partial charge in [-0.25, -0.2) is 19.2 Å². The zero-order valence-electron chi connectivity index (χ0n) is 24.3. The molecule has 4 amide bonds. The van der Waals surface area contributed by atoms with Gasteiger partial charge in [-0.15, -0.1) is 0 Å². The molecule has 258 valence electrons. The molecule has 21 heteroatoms. The maximum Gasteiger partial charge on any atom is 0.326 e. The van der Waals surface area contributed by atoms with Gasteiger partial charge in [-0.1, -0.05) is 0 Å². The van der Waals surface area contributed by atoms with Crippen LogP contribution in [0, 0.1) is 0 Å². The largest absolute Gasteiger partial charge is 0.481 e. The highest BCUT2D eigenvalue weighted by Crippen LogP contribution is 2.06. The lowest BCUT2D eigenvalue weighted by molar-refractivity contribution is -0.144. The molecule has 12 N–H and O–H groups in total. The summed E-state index contributed by atoms with van der Waals surface area (Å²) in [5.74, 6) is -12.6. The molecule has 5 atom stereocenters. The third-order valence-electron chi connectivity index (χ3n) is 6.15. The maximum absolute atomic E-state index is 12.3. The molecule has 0 spiro atoms. The highest BCUT2D eigenvalue weighted by molar-refractivity contribution is 5.89. The van der Waals surface area contributed by atoms with Gasteiger partial charge in [0.05, 0.1) is 6.04 Å². The van der Waals surface area contributed by atoms with Crippen LogP contribution in [-0.2, 0) is 47.9 Å². The van der Waals surface area contributed by atoms with Crippen LogP contribution in [-0.4, -0.2) is 120 Å². The molecule has 0 fully saturated rings. The second-order valence-electron chi connectivity index (χ2n) is 9.86. The third kappa shape index (κ3) is 17.7. The SMILES string of the molecule is N[C@@H](CCC(=O)O)C(=O)N[C@@H](CCC(=O)N[C@@H](CCC(=O)N[C@@H](CCC(=O)N[C@@H](CCC(=O)O)C(=O)O)C(=O)O)C(=O)O)C(=O)O. The summed E-state index contributed by atoms with van der Waals surface area (Å²) in [6, 6.07) is -7.84. The molecule has 46 heavy (non-hydrogen) atoms. The summed E-state index contributed by atoms with van der Waals surface area (Å²) >= 11 is 0. The van der Waals surface area contributed by atoms with Gasteiger partial charge in [0.15, 0.2) is 0 Å². The van der Waals surface area contributed by atoms with Crippen molar-refractivity contribution in [2.45, 2.75) is 94.4 Å². The topological polar surface area (TPSA) is 366 Å². The Morgan fingerprint density at radius 1 is 0.413 bits per heavy atom. The summed E-state index contributed by atoms with van der Waals surface area (Å²) in [4.78, 5) is 116. The van der Waals surface area contributed by atoms with Gasteiger partial charge in [0, 0.05) is 32.1 Å². The number of aliphatic carboxylic acids is 6. The molecular formula is C25H37N5O16. The fourth-order valence-corrected chi connectivity index (χ4v) is 3.61. The van der Waals surface area contributed by atoms with E-state index in [1.165, 1.54) is 0 Å². The summed E-state index contributed by atoms with van der Waals surface area (Å²) in [6.45, 7) is 0. The minimum absolute atomic E-state index is 0.284. The molecule has 0 aliphatic heterocycles. The third-order valence-corrected chi connectivity index (χ3v) is 6.15. The van der Waals surface area contributed by atoms with E-state index in [0.29, 0.717) is 0 Å². The predicted octanol–water partition coefficient (Wildman–Crippen LogP) is -3.34. The van der Waals surface area contributed by atoms with E-state index in [1.807, 2.05) is 5.32 Å². The minimum atomic E-state index is -1.67. The van der Waals surface area contributed by atoms with E-state index in [4.69, 9.17) is 21.1 Å². The number of amides is 4. The van der Waals surface area contributed by atoms with Gasteiger partial charge in [0.25, 0.3) is 0 Å². The number of hydrogen-bond donors (Lipinski definition) is 11. The molecule has 21 nitrogen and oxygen atoms in total. The van der Waals surface area contributed by atoms with Gasteiger partial charge in [0.2, 0.25) is 23.6 Å². The number of carboxylic acid groups (broad SMARTS) is 6. The Labute approximate surface area is 259 Å². The fraction of sp³-hybridized carbons (Fsp3) is 0.600. The van der Waals surface area contributed by atoms with Gasteiger partial charge in [0.1, 0.15) is 24.2 Å². The van der Waals surface area contributed by atoms with Gasteiger partial charge in [-0.2, -0.15) is 0 Å². The van der Waals surface area contributed by atoms with Crippen LogP contribution in [0.3, 0.4) is 0 Å². The normalized spacial score (nSPS) is 13.8. The highest BCUT2D eigenvalue weighted by atomic mass is 16.4. The van der Waals surface area contributed by atoms with Crippen molar-refractivity contribution in [2.24, 2.45) is 5.73 Å². The first-order valence-corrected chi connectivity index (χ1v) is 13.6. The van der Waals surface area contributed by atoms with Gasteiger partial charge in [-0.05, 0) is 32.1 Å². The average Bonchev–Trinajstić information content (AvgIpc) is 2.95. The van der Waals surface area contributed by atoms with E-state index in [9.17, 15) is 63.3 Å². The number of hydrogen-bond acceptors (Lipinski definition) is 11. The van der Waals surface area contributed by atoms with E-state index in [2.05, 4.69) is 16.0 Å². The molecule has 0 saturated heterocycles. The van der Waals surface area contributed by atoms with Crippen molar-refractivity contribution in [2.75, 3.05) is 0 Å². The van der Waals surface area contributed by atoms with Crippen molar-refractivity contribution >= 4 is 59.4 Å². The second-order valence-corrected chi connectivity index (χ2v) is 9.86. The van der Waals surface area contributed by atoms with E-state index >= 15 is 0 Å². The molecule has 0 unspecified atom stereocenters. The van der Waals surface area contributed by atoms with E-state index < -0.39 is 147 Å². The zero-order valence-corrected chi connectivity index (χ0v) is 24.3. The predicted molar refractivity (Wildman–Crippen MR) is 148 cm³/mol. The number of rotatable bonds is 24. The summed E-state index contributed by atoms with van der Waals surface area (Å²) in [5.41, 5.74) is 5.52. The average molecular weight is 664 g/mol. The van der Waals surface area contributed by atoms with Crippen molar-refractivity contribution in [3.05, 3.63) is 0 Å². The summed E-state index contributed by atoms with van der Waals surface area (Å²) in [5, 5.41) is 62.7. The Morgan fingerprint density at radius 3 is 0.957 bits per heavy atom. The smallest absolute Gasteiger partial charge is 0.326 e. The van der Waals surface area contributed by atoms with Crippen LogP contribution >= 0.6 is 0 Å². The van der Waals surface area contributed by atoms with Crippen LogP contribution in [0.15, 0.2) is 0 Å². The Kier molecular flexibility index (Phi) is 18.2. The molecule has 0 saturated carbocycles. The standard InChI is InChI=1S/C25H37N5O16/c26-11(1-9-19(34)35)21(38)30-15(25(45)46)4-8-18(33)28-13(23(41)42)2-6-16(31)27-12(22(39)40)3-7-17(32)29-14(24(43)44)5-10-20(36)37/h11-15H,1-10,26H2,(H,27,31)(H,28,33)(H,29,32)(H,30,38)(H,34,35)(H,36,37)(H,39,40)(H,41,42)(H,43,44)(H,45,46)/t11-,12-,13-,14-,15-/m0/s1. The van der Waals surface area contributed by atoms with Crippen LogP contribution in [0.5, 0.6) is 0 Å². The van der Waals surface area contributed by atoms with Crippen molar-refractivity contribution in [1.29, 1.82) is 0 Å². The van der Waals surface area contributed by atoms with Gasteiger partial charge >= 0.3 is 35.8 Å². The second kappa shape index (κ2) is 20.6. The quantitative estimate of drug-likeness (QED) is 0.0480. The lowest BCUT2D eigenvalue weighted by Crippen LogP contribution is -2.49. The van der Waals surface area contributed by atoms with E-state index in [0.717, 1.165) is 0 Å². The van der Waals surface area contributed by atoms with Crippen molar-refractivity contribution in [3.63, 3.8) is 0 Å². The van der Waals surface area contributed by atoms with E-state index in [-0.39, 0.29) is 6.42 Å². The summed E-state index contributed by atoms with van der Waals surface area (Å²) in [7, 11) is 0. The molecular weight excluding hydrogens is 626 g/mol. The lowest BCUT2D eigenvalue weighted by Gasteiger charge is -2.19. The highest BCUT2D eigenvalue weighted by Gasteiger charge is 2.28. The fourth-order valence-electron chi connectivity index (χ4n) is 3.61. The Morgan fingerprint density at radius 2 is 0.674 bits per heavy atom. The Bertz CT molecular complexity index is 1180. The molecule has 0 aliphatic rings. The molecule has 0 rings (SSSR count). The maximum atomic E-state index is 12.3. The number of nitrogens with one attached hydrogen (secondary N) is 4. The van der Waals surface area contributed by atoms with Gasteiger partial charge < -0.3 is 57.6 Å². The van der Waals surface area contributed by atoms with E-state index in [1.54, 1.807) is 0 Å². The lowest BCUT2D eigenvalue weighted by atomic mass is 10.1. The molecule has 0 heterocycles. The zero-order chi connectivity index (χ0) is 35.6. The Hall–Kier alpha value is -5.34. The molecule has 0 aromatic rings. The minimum Gasteiger partial charge on any atom is -0.481 e. The van der Waals surface area contributed by atoms with Crippen LogP contribution in [0.25, 0.3) is 0 Å². The van der Waals surface area contributed by atoms with Crippen LogP contribution < -0.4 is 27.0 Å². The number of carboxylic acids is 6. The molecule has 0 radical (unpaired) electrons. The van der Waals surface area contributed by atoms with Crippen molar-refractivity contribution in [1.82, 2.24) is 21.3 Å². The first kappa shape index (κ1) is 40.7. The molecule has 0 aromatic carbocycles. The monoisotopic (exact) mass is 663 g/mol. The van der Waals surface area contributed by atoms with Crippen LogP contribution in [0.4, 0.5) is 0 Å². The number of carbonyl (C=O) groups is 10. The number of carbonyl (C=O) groups excluding carboxylic acids is 4. The number of nitrogens with two attached hydrogens (primary N) is 1. The Balaban J connectivity index is 4.95. The molecule has 0 bridgehead atoms. The first-order chi connectivity index (χ1) is 21.3.